The molecule has 0 aliphatic heterocycles. The maximum absolute atomic E-state index is 13.3. The van der Waals surface area contributed by atoms with Crippen molar-refractivity contribution in [3.8, 4) is 5.75 Å². The van der Waals surface area contributed by atoms with E-state index in [0.29, 0.717) is 46.5 Å². The summed E-state index contributed by atoms with van der Waals surface area (Å²) in [7, 11) is 3.46. The lowest BCUT2D eigenvalue weighted by molar-refractivity contribution is -0.0508. The summed E-state index contributed by atoms with van der Waals surface area (Å²) in [6.07, 6.45) is 5.93. The summed E-state index contributed by atoms with van der Waals surface area (Å²) in [4.78, 5) is 27.2. The molecule has 0 aliphatic rings. The molecular weight excluding hydrogens is 526 g/mol. The number of halogens is 3. The maximum Gasteiger partial charge on any atom is 0.387 e. The molecule has 0 saturated heterocycles. The SMILES string of the molecule is C=c1ccc(C(=O)NCCOC)c(OC(F)F)/c1=C/CN(C)CC(CCC)CCCC(=O)c1ccc(Cl)cc1. The molecule has 0 fully saturated rings. The molecule has 1 amide bonds. The Hall–Kier alpha value is -2.81. The number of carbonyl (C=O) groups is 2. The van der Waals surface area contributed by atoms with Gasteiger partial charge < -0.3 is 19.7 Å². The van der Waals surface area contributed by atoms with Gasteiger partial charge in [0, 0.05) is 49.0 Å². The molecule has 214 valence electrons. The van der Waals surface area contributed by atoms with Crippen molar-refractivity contribution in [2.24, 2.45) is 5.92 Å². The number of carbonyl (C=O) groups excluding carboxylic acids is 2. The van der Waals surface area contributed by atoms with Crippen molar-refractivity contribution in [3.63, 3.8) is 0 Å². The van der Waals surface area contributed by atoms with Gasteiger partial charge in [-0.2, -0.15) is 8.78 Å². The van der Waals surface area contributed by atoms with Crippen LogP contribution in [0, 0.1) is 5.92 Å². The summed E-state index contributed by atoms with van der Waals surface area (Å²) in [6.45, 7) is 4.74. The van der Waals surface area contributed by atoms with Crippen molar-refractivity contribution >= 4 is 35.9 Å². The second-order valence-electron chi connectivity index (χ2n) is 9.54. The molecule has 0 heterocycles. The largest absolute Gasteiger partial charge is 0.433 e. The third kappa shape index (κ3) is 11.1. The molecule has 1 atom stereocenters. The van der Waals surface area contributed by atoms with Crippen LogP contribution in [0.4, 0.5) is 8.78 Å². The van der Waals surface area contributed by atoms with E-state index in [4.69, 9.17) is 21.1 Å². The molecule has 0 aromatic heterocycles. The molecule has 1 unspecified atom stereocenters. The fourth-order valence-electron chi connectivity index (χ4n) is 4.45. The smallest absolute Gasteiger partial charge is 0.387 e. The van der Waals surface area contributed by atoms with E-state index in [1.54, 1.807) is 36.4 Å². The van der Waals surface area contributed by atoms with Crippen LogP contribution in [0.3, 0.4) is 0 Å². The summed E-state index contributed by atoms with van der Waals surface area (Å²) in [6, 6.07) is 9.99. The second kappa shape index (κ2) is 17.0. The number of hydrogen-bond acceptors (Lipinski definition) is 5. The lowest BCUT2D eigenvalue weighted by Crippen LogP contribution is -2.34. The van der Waals surface area contributed by atoms with Crippen LogP contribution < -0.4 is 20.5 Å². The van der Waals surface area contributed by atoms with Gasteiger partial charge in [0.1, 0.15) is 5.75 Å². The summed E-state index contributed by atoms with van der Waals surface area (Å²) < 4.78 is 36.3. The van der Waals surface area contributed by atoms with Gasteiger partial charge >= 0.3 is 6.61 Å². The Kier molecular flexibility index (Phi) is 14.1. The third-order valence-electron chi connectivity index (χ3n) is 6.39. The minimum Gasteiger partial charge on any atom is -0.433 e. The Morgan fingerprint density at radius 2 is 1.87 bits per heavy atom. The van der Waals surface area contributed by atoms with Crippen molar-refractivity contribution in [2.75, 3.05) is 40.4 Å². The quantitative estimate of drug-likeness (QED) is 0.218. The fraction of sp³-hybridized carbons (Fsp3) is 0.467. The van der Waals surface area contributed by atoms with Crippen molar-refractivity contribution in [1.82, 2.24) is 10.2 Å². The van der Waals surface area contributed by atoms with Gasteiger partial charge in [0.2, 0.25) is 0 Å². The molecule has 6 nitrogen and oxygen atoms in total. The first-order chi connectivity index (χ1) is 18.7. The van der Waals surface area contributed by atoms with E-state index < -0.39 is 12.5 Å². The molecule has 0 radical (unpaired) electrons. The Labute approximate surface area is 234 Å². The summed E-state index contributed by atoms with van der Waals surface area (Å²) in [5.74, 6) is -0.238. The Morgan fingerprint density at radius 1 is 1.15 bits per heavy atom. The number of rotatable bonds is 17. The lowest BCUT2D eigenvalue weighted by atomic mass is 9.94. The van der Waals surface area contributed by atoms with Crippen molar-refractivity contribution in [1.29, 1.82) is 0 Å². The molecule has 1 N–H and O–H groups in total. The van der Waals surface area contributed by atoms with Crippen LogP contribution in [-0.4, -0.2) is 63.6 Å². The van der Waals surface area contributed by atoms with E-state index in [9.17, 15) is 18.4 Å². The second-order valence-corrected chi connectivity index (χ2v) is 9.98. The molecular formula is C30H39ClF2N2O4. The number of benzene rings is 2. The normalized spacial score (nSPS) is 12.7. The molecule has 2 aromatic carbocycles. The predicted octanol–water partition coefficient (Wildman–Crippen LogP) is 4.91. The van der Waals surface area contributed by atoms with Crippen molar-refractivity contribution in [3.05, 3.63) is 63.0 Å². The average molecular weight is 565 g/mol. The first kappa shape index (κ1) is 32.4. The zero-order valence-corrected chi connectivity index (χ0v) is 23.7. The fourth-order valence-corrected chi connectivity index (χ4v) is 4.58. The molecule has 2 aromatic rings. The van der Waals surface area contributed by atoms with Crippen LogP contribution in [0.2, 0.25) is 5.02 Å². The molecule has 0 saturated carbocycles. The van der Waals surface area contributed by atoms with E-state index in [2.05, 4.69) is 23.7 Å². The van der Waals surface area contributed by atoms with E-state index in [-0.39, 0.29) is 23.6 Å². The zero-order chi connectivity index (χ0) is 28.8. The van der Waals surface area contributed by atoms with Crippen molar-refractivity contribution in [2.45, 2.75) is 45.6 Å². The minimum atomic E-state index is -3.09. The van der Waals surface area contributed by atoms with E-state index in [1.807, 2.05) is 7.05 Å². The number of Topliss-reactive ketones (excluding diaryl/α,β-unsaturated/α-hetero) is 1. The molecule has 0 bridgehead atoms. The van der Waals surface area contributed by atoms with Gasteiger partial charge in [0.25, 0.3) is 5.91 Å². The minimum absolute atomic E-state index is 0.0157. The predicted molar refractivity (Wildman–Crippen MR) is 152 cm³/mol. The number of ketones is 1. The van der Waals surface area contributed by atoms with Crippen molar-refractivity contribution < 1.29 is 27.8 Å². The van der Waals surface area contributed by atoms with Crippen LogP contribution in [0.25, 0.3) is 12.7 Å². The number of hydrogen-bond donors (Lipinski definition) is 1. The summed E-state index contributed by atoms with van der Waals surface area (Å²) in [5.41, 5.74) is 0.681. The van der Waals surface area contributed by atoms with Gasteiger partial charge in [0.15, 0.2) is 5.78 Å². The first-order valence-corrected chi connectivity index (χ1v) is 13.5. The van der Waals surface area contributed by atoms with Crippen LogP contribution in [0.1, 0.15) is 59.7 Å². The molecule has 39 heavy (non-hydrogen) atoms. The van der Waals surface area contributed by atoms with Gasteiger partial charge in [-0.1, -0.05) is 43.7 Å². The number of nitrogens with one attached hydrogen (secondary N) is 1. The Bertz CT molecular complexity index is 1170. The Balaban J connectivity index is 2.09. The number of methoxy groups -OCH3 is 1. The number of amides is 1. The molecule has 0 aliphatic carbocycles. The van der Waals surface area contributed by atoms with Crippen LogP contribution in [-0.2, 0) is 4.74 Å². The zero-order valence-electron chi connectivity index (χ0n) is 23.0. The van der Waals surface area contributed by atoms with E-state index >= 15 is 0 Å². The molecule has 0 spiro atoms. The van der Waals surface area contributed by atoms with Gasteiger partial charge in [0.05, 0.1) is 12.2 Å². The highest BCUT2D eigenvalue weighted by molar-refractivity contribution is 6.30. The van der Waals surface area contributed by atoms with Gasteiger partial charge in [-0.05, 0) is 67.8 Å². The highest BCUT2D eigenvalue weighted by atomic mass is 35.5. The highest BCUT2D eigenvalue weighted by Gasteiger charge is 2.18. The average Bonchev–Trinajstić information content (AvgIpc) is 2.88. The van der Waals surface area contributed by atoms with Gasteiger partial charge in [-0.15, -0.1) is 0 Å². The molecule has 9 heteroatoms. The maximum atomic E-state index is 13.3. The first-order valence-electron chi connectivity index (χ1n) is 13.2. The number of ether oxygens (including phenoxy) is 2. The highest BCUT2D eigenvalue weighted by Crippen LogP contribution is 2.19. The lowest BCUT2D eigenvalue weighted by Gasteiger charge is -2.23. The van der Waals surface area contributed by atoms with E-state index in [0.717, 1.165) is 32.2 Å². The van der Waals surface area contributed by atoms with E-state index in [1.165, 1.54) is 13.2 Å². The van der Waals surface area contributed by atoms with Crippen LogP contribution in [0.15, 0.2) is 36.4 Å². The summed E-state index contributed by atoms with van der Waals surface area (Å²) >= 11 is 5.91. The van der Waals surface area contributed by atoms with Gasteiger partial charge in [-0.3, -0.25) is 9.59 Å². The number of nitrogens with zero attached hydrogens (tertiary/aromatic N) is 1. The van der Waals surface area contributed by atoms with Crippen LogP contribution in [0.5, 0.6) is 5.75 Å². The topological polar surface area (TPSA) is 67.9 Å². The van der Waals surface area contributed by atoms with Gasteiger partial charge in [-0.25, -0.2) is 0 Å². The summed E-state index contributed by atoms with van der Waals surface area (Å²) in [5, 5.41) is 4.09. The standard InChI is InChI=1S/C30H39ClF2N2O4/c1-5-7-22(8-6-9-27(36)23-11-13-24(31)14-12-23)20-35(3)18-16-25-21(2)10-15-26(28(25)39-30(32)33)29(37)34-17-19-38-4/h10-16,22,30H,2,5-9,17-20H2,1,3-4H3,(H,34,37)/b25-16+. The van der Waals surface area contributed by atoms with Crippen LogP contribution >= 0.6 is 11.6 Å². The number of alkyl halides is 2. The third-order valence-corrected chi connectivity index (χ3v) is 6.64. The monoisotopic (exact) mass is 564 g/mol. The molecule has 2 rings (SSSR count). The Morgan fingerprint density at radius 3 is 2.51 bits per heavy atom.